The van der Waals surface area contributed by atoms with Crippen molar-refractivity contribution < 1.29 is 18.0 Å². The van der Waals surface area contributed by atoms with E-state index in [1.165, 1.54) is 33.9 Å². The maximum atomic E-state index is 13.2. The molecular weight excluding hydrogens is 489 g/mol. The Labute approximate surface area is 182 Å². The van der Waals surface area contributed by atoms with Gasteiger partial charge in [-0.25, -0.2) is 22.8 Å². The Morgan fingerprint density at radius 2 is 2.10 bits per heavy atom. The minimum Gasteiger partial charge on any atom is -0.292 e. The third kappa shape index (κ3) is 4.51. The molecule has 12 heteroatoms. The molecule has 0 aliphatic heterocycles. The molecule has 4 rings (SSSR count). The first-order valence-corrected chi connectivity index (χ1v) is 10.2. The molecule has 1 aliphatic rings. The van der Waals surface area contributed by atoms with Gasteiger partial charge in [0, 0.05) is 10.9 Å². The first kappa shape index (κ1) is 20.9. The lowest BCUT2D eigenvalue weighted by Crippen LogP contribution is -2.21. The molecule has 1 fully saturated rings. The van der Waals surface area contributed by atoms with Gasteiger partial charge in [-0.3, -0.25) is 14.8 Å². The monoisotopic (exact) mass is 502 g/mol. The van der Waals surface area contributed by atoms with Gasteiger partial charge >= 0.3 is 0 Å². The van der Waals surface area contributed by atoms with Crippen LogP contribution >= 0.6 is 27.5 Å². The van der Waals surface area contributed by atoms with E-state index in [0.717, 1.165) is 12.8 Å². The second-order valence-corrected chi connectivity index (χ2v) is 8.07. The number of rotatable bonds is 7. The number of aromatic nitrogens is 5. The molecule has 1 amide bonds. The molecule has 0 saturated heterocycles. The number of nitrogens with zero attached hydrogens (tertiary/aromatic N) is 5. The fourth-order valence-corrected chi connectivity index (χ4v) is 4.04. The number of nitrogens with one attached hydrogen (secondary N) is 1. The van der Waals surface area contributed by atoms with Crippen LogP contribution in [-0.2, 0) is 17.9 Å². The van der Waals surface area contributed by atoms with Crippen LogP contribution in [0.4, 0.5) is 19.1 Å². The predicted octanol–water partition coefficient (Wildman–Crippen LogP) is 4.53. The molecule has 7 nitrogen and oxygen atoms in total. The quantitative estimate of drug-likeness (QED) is 0.514. The number of anilines is 1. The Balaban J connectivity index is 1.43. The van der Waals surface area contributed by atoms with Crippen molar-refractivity contribution in [3.8, 4) is 0 Å². The highest BCUT2D eigenvalue weighted by Gasteiger charge is 2.34. The fraction of sp³-hybridized carbons (Fsp3) is 0.333. The van der Waals surface area contributed by atoms with Gasteiger partial charge in [0.05, 0.1) is 16.7 Å². The first-order valence-electron chi connectivity index (χ1n) is 8.99. The molecule has 1 N–H and O–H groups in total. The van der Waals surface area contributed by atoms with E-state index < -0.39 is 18.1 Å². The SMILES string of the molecule is O=C(Cn1nc(C(F)F)c(Br)c1C1CC1)Nc1ncn(Cc2ccc(F)cc2Cl)n1. The van der Waals surface area contributed by atoms with Gasteiger partial charge in [-0.1, -0.05) is 17.7 Å². The maximum absolute atomic E-state index is 13.2. The molecule has 1 saturated carbocycles. The summed E-state index contributed by atoms with van der Waals surface area (Å²) >= 11 is 9.19. The van der Waals surface area contributed by atoms with Crippen LogP contribution in [0, 0.1) is 5.82 Å². The van der Waals surface area contributed by atoms with E-state index in [4.69, 9.17) is 11.6 Å². The maximum Gasteiger partial charge on any atom is 0.283 e. The summed E-state index contributed by atoms with van der Waals surface area (Å²) in [6.45, 7) is -0.00680. The highest BCUT2D eigenvalue weighted by Crippen LogP contribution is 2.45. The zero-order valence-corrected chi connectivity index (χ0v) is 17.7. The molecule has 0 unspecified atom stereocenters. The van der Waals surface area contributed by atoms with Gasteiger partial charge in [0.15, 0.2) is 0 Å². The van der Waals surface area contributed by atoms with Crippen molar-refractivity contribution in [1.29, 1.82) is 0 Å². The van der Waals surface area contributed by atoms with E-state index in [-0.39, 0.29) is 40.1 Å². The minimum atomic E-state index is -2.74. The van der Waals surface area contributed by atoms with Gasteiger partial charge in [-0.05, 0) is 46.5 Å². The molecule has 2 heterocycles. The number of hydrogen-bond acceptors (Lipinski definition) is 4. The van der Waals surface area contributed by atoms with Crippen molar-refractivity contribution in [3.63, 3.8) is 0 Å². The van der Waals surface area contributed by atoms with Crippen LogP contribution in [0.2, 0.25) is 5.02 Å². The molecule has 0 spiro atoms. The molecule has 0 bridgehead atoms. The summed E-state index contributed by atoms with van der Waals surface area (Å²) in [5.74, 6) is -0.775. The lowest BCUT2D eigenvalue weighted by atomic mass is 10.2. The van der Waals surface area contributed by atoms with Crippen molar-refractivity contribution in [2.45, 2.75) is 38.3 Å². The van der Waals surface area contributed by atoms with E-state index in [0.29, 0.717) is 11.3 Å². The van der Waals surface area contributed by atoms with Crippen LogP contribution in [0.25, 0.3) is 0 Å². The highest BCUT2D eigenvalue weighted by atomic mass is 79.9. The fourth-order valence-electron chi connectivity index (χ4n) is 3.03. The zero-order valence-electron chi connectivity index (χ0n) is 15.3. The molecule has 2 aromatic heterocycles. The number of halogens is 5. The van der Waals surface area contributed by atoms with E-state index in [9.17, 15) is 18.0 Å². The van der Waals surface area contributed by atoms with E-state index in [2.05, 4.69) is 36.4 Å². The summed E-state index contributed by atoms with van der Waals surface area (Å²) in [6.07, 6.45) is 0.389. The number of carbonyl (C=O) groups is 1. The lowest BCUT2D eigenvalue weighted by molar-refractivity contribution is -0.117. The summed E-state index contributed by atoms with van der Waals surface area (Å²) in [6, 6.07) is 4.02. The Bertz CT molecular complexity index is 1100. The second kappa shape index (κ2) is 8.38. The molecule has 0 radical (unpaired) electrons. The number of benzene rings is 1. The summed E-state index contributed by atoms with van der Waals surface area (Å²) in [5.41, 5.74) is 0.865. The predicted molar refractivity (Wildman–Crippen MR) is 106 cm³/mol. The molecule has 0 atom stereocenters. The summed E-state index contributed by atoms with van der Waals surface area (Å²) in [5, 5.41) is 10.8. The van der Waals surface area contributed by atoms with E-state index in [1.807, 2.05) is 0 Å². The average Bonchev–Trinajstić information content (AvgIpc) is 3.32. The molecular formula is C18H15BrClF3N6O. The van der Waals surface area contributed by atoms with Gasteiger partial charge < -0.3 is 0 Å². The average molecular weight is 504 g/mol. The molecule has 158 valence electrons. The van der Waals surface area contributed by atoms with Gasteiger partial charge in [0.25, 0.3) is 6.43 Å². The molecule has 30 heavy (non-hydrogen) atoms. The zero-order chi connectivity index (χ0) is 21.4. The van der Waals surface area contributed by atoms with Crippen LogP contribution in [-0.4, -0.2) is 30.5 Å². The molecule has 3 aromatic rings. The van der Waals surface area contributed by atoms with Crippen LogP contribution in [0.5, 0.6) is 0 Å². The normalized spacial score (nSPS) is 13.8. The van der Waals surface area contributed by atoms with Crippen LogP contribution in [0.1, 0.15) is 42.1 Å². The minimum absolute atomic E-state index is 0.0477. The van der Waals surface area contributed by atoms with Crippen molar-refractivity contribution in [3.05, 3.63) is 56.8 Å². The van der Waals surface area contributed by atoms with Crippen LogP contribution in [0.3, 0.4) is 0 Å². The number of hydrogen-bond donors (Lipinski definition) is 1. The summed E-state index contributed by atoms with van der Waals surface area (Å²) < 4.78 is 42.5. The van der Waals surface area contributed by atoms with E-state index >= 15 is 0 Å². The van der Waals surface area contributed by atoms with Gasteiger partial charge in [0.1, 0.15) is 24.4 Å². The summed E-state index contributed by atoms with van der Waals surface area (Å²) in [7, 11) is 0. The Kier molecular flexibility index (Phi) is 5.83. The molecule has 1 aromatic carbocycles. The number of amides is 1. The van der Waals surface area contributed by atoms with Gasteiger partial charge in [-0.2, -0.15) is 5.10 Å². The van der Waals surface area contributed by atoms with Crippen molar-refractivity contribution in [1.82, 2.24) is 24.5 Å². The third-order valence-electron chi connectivity index (χ3n) is 4.56. The topological polar surface area (TPSA) is 77.6 Å². The van der Waals surface area contributed by atoms with Crippen molar-refractivity contribution in [2.75, 3.05) is 5.32 Å². The second-order valence-electron chi connectivity index (χ2n) is 6.87. The largest absolute Gasteiger partial charge is 0.292 e. The number of carbonyl (C=O) groups excluding carboxylic acids is 1. The van der Waals surface area contributed by atoms with Crippen molar-refractivity contribution >= 4 is 39.4 Å². The first-order chi connectivity index (χ1) is 14.3. The lowest BCUT2D eigenvalue weighted by Gasteiger charge is -2.06. The van der Waals surface area contributed by atoms with Crippen LogP contribution in [0.15, 0.2) is 29.0 Å². The van der Waals surface area contributed by atoms with Gasteiger partial charge in [-0.15, -0.1) is 5.10 Å². The Morgan fingerprint density at radius 1 is 1.33 bits per heavy atom. The van der Waals surface area contributed by atoms with E-state index in [1.54, 1.807) is 0 Å². The smallest absolute Gasteiger partial charge is 0.283 e. The summed E-state index contributed by atoms with van der Waals surface area (Å²) in [4.78, 5) is 16.4. The third-order valence-corrected chi connectivity index (χ3v) is 5.72. The highest BCUT2D eigenvalue weighted by molar-refractivity contribution is 9.10. The van der Waals surface area contributed by atoms with Crippen LogP contribution < -0.4 is 5.32 Å². The van der Waals surface area contributed by atoms with Crippen molar-refractivity contribution in [2.24, 2.45) is 0 Å². The standard InChI is InChI=1S/C18H15BrClF3N6O/c19-14-15(17(22)23)26-29(16(14)9-1-2-9)7-13(30)25-18-24-8-28(27-18)6-10-3-4-11(21)5-12(10)20/h3-5,8-9,17H,1-2,6-7H2,(H,25,27,30). The number of alkyl halides is 2. The van der Waals surface area contributed by atoms with Gasteiger partial charge in [0.2, 0.25) is 11.9 Å². The Morgan fingerprint density at radius 3 is 2.77 bits per heavy atom. The molecule has 1 aliphatic carbocycles. The Hall–Kier alpha value is -2.40.